The predicted octanol–water partition coefficient (Wildman–Crippen LogP) is 2.12. The molecule has 3 heterocycles. The van der Waals surface area contributed by atoms with Crippen LogP contribution in [0.3, 0.4) is 0 Å². The molecule has 6 heteroatoms. The SMILES string of the molecule is COCCNCc1c(N2CC3CCC2C3)nc2sccn12. The summed E-state index contributed by atoms with van der Waals surface area (Å²) >= 11 is 1.72. The van der Waals surface area contributed by atoms with Gasteiger partial charge in [0, 0.05) is 44.4 Å². The number of aromatic nitrogens is 2. The van der Waals surface area contributed by atoms with Crippen molar-refractivity contribution >= 4 is 22.1 Å². The van der Waals surface area contributed by atoms with E-state index in [1.165, 1.54) is 37.3 Å². The summed E-state index contributed by atoms with van der Waals surface area (Å²) in [7, 11) is 1.74. The van der Waals surface area contributed by atoms with Crippen molar-refractivity contribution in [2.45, 2.75) is 31.8 Å². The summed E-state index contributed by atoms with van der Waals surface area (Å²) in [5.74, 6) is 2.10. The van der Waals surface area contributed by atoms with Gasteiger partial charge in [-0.2, -0.15) is 0 Å². The molecular weight excluding hydrogens is 284 g/mol. The van der Waals surface area contributed by atoms with Gasteiger partial charge in [0.15, 0.2) is 10.8 Å². The Labute approximate surface area is 128 Å². The van der Waals surface area contributed by atoms with Gasteiger partial charge in [-0.1, -0.05) is 0 Å². The monoisotopic (exact) mass is 306 g/mol. The third kappa shape index (κ3) is 2.35. The van der Waals surface area contributed by atoms with Gasteiger partial charge >= 0.3 is 0 Å². The van der Waals surface area contributed by atoms with Gasteiger partial charge in [-0.15, -0.1) is 11.3 Å². The molecule has 0 radical (unpaired) electrons. The van der Waals surface area contributed by atoms with E-state index in [2.05, 4.69) is 26.2 Å². The number of nitrogens with zero attached hydrogens (tertiary/aromatic N) is 3. The van der Waals surface area contributed by atoms with Crippen molar-refractivity contribution in [3.05, 3.63) is 17.3 Å². The highest BCUT2D eigenvalue weighted by molar-refractivity contribution is 7.15. The largest absolute Gasteiger partial charge is 0.383 e. The Morgan fingerprint density at radius 2 is 2.43 bits per heavy atom. The van der Waals surface area contributed by atoms with E-state index in [1.54, 1.807) is 18.4 Å². The second kappa shape index (κ2) is 5.59. The number of methoxy groups -OCH3 is 1. The summed E-state index contributed by atoms with van der Waals surface area (Å²) in [6.07, 6.45) is 6.25. The Morgan fingerprint density at radius 1 is 1.48 bits per heavy atom. The molecule has 2 aromatic rings. The molecule has 1 N–H and O–H groups in total. The molecule has 4 rings (SSSR count). The molecule has 2 aromatic heterocycles. The molecule has 1 aliphatic heterocycles. The Morgan fingerprint density at radius 3 is 3.19 bits per heavy atom. The molecule has 21 heavy (non-hydrogen) atoms. The van der Waals surface area contributed by atoms with Gasteiger partial charge in [-0.25, -0.2) is 4.98 Å². The molecule has 2 bridgehead atoms. The highest BCUT2D eigenvalue weighted by atomic mass is 32.1. The lowest BCUT2D eigenvalue weighted by molar-refractivity contribution is 0.199. The van der Waals surface area contributed by atoms with Gasteiger partial charge in [0.25, 0.3) is 0 Å². The molecule has 2 atom stereocenters. The summed E-state index contributed by atoms with van der Waals surface area (Å²) in [5.41, 5.74) is 1.30. The Hall–Kier alpha value is -1.11. The first-order valence-corrected chi connectivity index (χ1v) is 8.65. The van der Waals surface area contributed by atoms with E-state index in [-0.39, 0.29) is 0 Å². The fourth-order valence-corrected chi connectivity index (χ4v) is 4.51. The van der Waals surface area contributed by atoms with Crippen LogP contribution in [0.5, 0.6) is 0 Å². The van der Waals surface area contributed by atoms with Gasteiger partial charge in [0.2, 0.25) is 0 Å². The average Bonchev–Trinajstić information content (AvgIpc) is 3.23. The number of hydrogen-bond donors (Lipinski definition) is 1. The minimum Gasteiger partial charge on any atom is -0.383 e. The summed E-state index contributed by atoms with van der Waals surface area (Å²) in [6.45, 7) is 3.67. The van der Waals surface area contributed by atoms with Crippen LogP contribution in [0.1, 0.15) is 25.0 Å². The van der Waals surface area contributed by atoms with E-state index in [4.69, 9.17) is 9.72 Å². The maximum absolute atomic E-state index is 5.11. The molecule has 114 valence electrons. The first-order chi connectivity index (χ1) is 10.4. The van der Waals surface area contributed by atoms with E-state index >= 15 is 0 Å². The van der Waals surface area contributed by atoms with Gasteiger partial charge in [0.1, 0.15) is 0 Å². The van der Waals surface area contributed by atoms with Crippen molar-refractivity contribution in [2.24, 2.45) is 5.92 Å². The average molecular weight is 306 g/mol. The summed E-state index contributed by atoms with van der Waals surface area (Å²) in [5, 5.41) is 5.58. The van der Waals surface area contributed by atoms with Crippen LogP contribution in [-0.4, -0.2) is 42.2 Å². The van der Waals surface area contributed by atoms with E-state index in [9.17, 15) is 0 Å². The zero-order valence-electron chi connectivity index (χ0n) is 12.4. The van der Waals surface area contributed by atoms with Crippen LogP contribution < -0.4 is 10.2 Å². The van der Waals surface area contributed by atoms with Crippen LogP contribution in [0, 0.1) is 5.92 Å². The first kappa shape index (κ1) is 13.5. The molecule has 0 aromatic carbocycles. The van der Waals surface area contributed by atoms with Gasteiger partial charge < -0.3 is 15.0 Å². The van der Waals surface area contributed by atoms with Crippen molar-refractivity contribution in [3.8, 4) is 0 Å². The Bertz CT molecular complexity index is 622. The molecule has 0 spiro atoms. The maximum Gasteiger partial charge on any atom is 0.195 e. The fraction of sp³-hybridized carbons (Fsp3) is 0.667. The molecular formula is C15H22N4OS. The number of imidazole rings is 1. The number of piperidine rings is 1. The molecule has 1 aliphatic carbocycles. The number of hydrogen-bond acceptors (Lipinski definition) is 5. The van der Waals surface area contributed by atoms with Crippen LogP contribution in [0.25, 0.3) is 4.96 Å². The Balaban J connectivity index is 1.60. The van der Waals surface area contributed by atoms with Crippen molar-refractivity contribution in [3.63, 3.8) is 0 Å². The number of thiazole rings is 1. The van der Waals surface area contributed by atoms with E-state index in [1.807, 2.05) is 0 Å². The minimum atomic E-state index is 0.720. The number of rotatable bonds is 6. The number of fused-ring (bicyclic) bond motifs is 3. The zero-order chi connectivity index (χ0) is 14.2. The molecule has 0 amide bonds. The van der Waals surface area contributed by atoms with Crippen LogP contribution in [0.2, 0.25) is 0 Å². The fourth-order valence-electron chi connectivity index (χ4n) is 3.78. The van der Waals surface area contributed by atoms with Gasteiger partial charge in [-0.05, 0) is 25.2 Å². The van der Waals surface area contributed by atoms with Crippen molar-refractivity contribution in [1.82, 2.24) is 14.7 Å². The van der Waals surface area contributed by atoms with Crippen molar-refractivity contribution in [2.75, 3.05) is 31.7 Å². The normalized spacial score (nSPS) is 24.5. The van der Waals surface area contributed by atoms with Crippen molar-refractivity contribution in [1.29, 1.82) is 0 Å². The second-order valence-electron chi connectivity index (χ2n) is 6.09. The minimum absolute atomic E-state index is 0.720. The smallest absolute Gasteiger partial charge is 0.195 e. The highest BCUT2D eigenvalue weighted by Gasteiger charge is 2.39. The van der Waals surface area contributed by atoms with E-state index in [0.717, 1.165) is 36.6 Å². The van der Waals surface area contributed by atoms with E-state index in [0.29, 0.717) is 0 Å². The molecule has 1 saturated heterocycles. The number of nitrogens with one attached hydrogen (secondary N) is 1. The number of anilines is 1. The maximum atomic E-state index is 5.11. The topological polar surface area (TPSA) is 41.8 Å². The standard InChI is InChI=1S/C15H22N4OS/c1-20-6-4-16-9-13-14(17-15-18(13)5-7-21-15)19-10-11-2-3-12(19)8-11/h5,7,11-12,16H,2-4,6,8-10H2,1H3. The van der Waals surface area contributed by atoms with Gasteiger partial charge in [0.05, 0.1) is 12.3 Å². The molecule has 2 unspecified atom stereocenters. The van der Waals surface area contributed by atoms with Crippen LogP contribution in [0.15, 0.2) is 11.6 Å². The van der Waals surface area contributed by atoms with Crippen LogP contribution in [-0.2, 0) is 11.3 Å². The third-order valence-corrected chi connectivity index (χ3v) is 5.55. The summed E-state index contributed by atoms with van der Waals surface area (Å²) < 4.78 is 7.35. The lowest BCUT2D eigenvalue weighted by atomic mass is 10.1. The van der Waals surface area contributed by atoms with E-state index < -0.39 is 0 Å². The molecule has 1 saturated carbocycles. The van der Waals surface area contributed by atoms with Crippen LogP contribution >= 0.6 is 11.3 Å². The van der Waals surface area contributed by atoms with Crippen molar-refractivity contribution < 1.29 is 4.74 Å². The number of ether oxygens (including phenoxy) is 1. The van der Waals surface area contributed by atoms with Crippen LogP contribution in [0.4, 0.5) is 5.82 Å². The second-order valence-corrected chi connectivity index (χ2v) is 6.97. The third-order valence-electron chi connectivity index (χ3n) is 4.80. The zero-order valence-corrected chi connectivity index (χ0v) is 13.2. The molecule has 2 fully saturated rings. The Kier molecular flexibility index (Phi) is 3.61. The lowest BCUT2D eigenvalue weighted by Crippen LogP contribution is -2.33. The quantitative estimate of drug-likeness (QED) is 0.830. The molecule has 2 aliphatic rings. The highest BCUT2D eigenvalue weighted by Crippen LogP contribution is 2.41. The molecule has 5 nitrogen and oxygen atoms in total. The predicted molar refractivity (Wildman–Crippen MR) is 85.1 cm³/mol. The first-order valence-electron chi connectivity index (χ1n) is 7.77. The lowest BCUT2D eigenvalue weighted by Gasteiger charge is -2.28. The van der Waals surface area contributed by atoms with Gasteiger partial charge in [-0.3, -0.25) is 4.40 Å². The summed E-state index contributed by atoms with van der Waals surface area (Å²) in [4.78, 5) is 8.57. The summed E-state index contributed by atoms with van der Waals surface area (Å²) in [6, 6.07) is 0.720.